The number of nitrogens with zero attached hydrogens (tertiary/aromatic N) is 1. The molecule has 0 radical (unpaired) electrons. The molecule has 1 heterocycles. The van der Waals surface area contributed by atoms with E-state index in [0.29, 0.717) is 6.54 Å². The van der Waals surface area contributed by atoms with Gasteiger partial charge in [0.2, 0.25) is 0 Å². The van der Waals surface area contributed by atoms with E-state index < -0.39 is 0 Å². The van der Waals surface area contributed by atoms with Crippen LogP contribution in [0.4, 0.5) is 0 Å². The molecular weight excluding hydrogens is 190 g/mol. The van der Waals surface area contributed by atoms with Crippen LogP contribution in [0.1, 0.15) is 41.5 Å². The quantitative estimate of drug-likeness (QED) is 0.722. The van der Waals surface area contributed by atoms with E-state index >= 15 is 0 Å². The molecule has 0 bridgehead atoms. The highest BCUT2D eigenvalue weighted by Crippen LogP contribution is 2.25. The summed E-state index contributed by atoms with van der Waals surface area (Å²) in [6.07, 6.45) is -0.410. The first-order valence-electron chi connectivity index (χ1n) is 5.70. The summed E-state index contributed by atoms with van der Waals surface area (Å²) in [6, 6.07) is 0. The molecule has 0 saturated carbocycles. The normalized spacial score (nSPS) is 29.8. The third-order valence-corrected chi connectivity index (χ3v) is 2.69. The van der Waals surface area contributed by atoms with Crippen molar-refractivity contribution in [1.82, 2.24) is 4.90 Å². The van der Waals surface area contributed by atoms with Gasteiger partial charge < -0.3 is 9.84 Å². The number of aliphatic hydroxyl groups excluding tert-OH is 1. The van der Waals surface area contributed by atoms with Crippen molar-refractivity contribution in [3.63, 3.8) is 0 Å². The molecule has 1 N–H and O–H groups in total. The van der Waals surface area contributed by atoms with Crippen LogP contribution in [0.15, 0.2) is 0 Å². The highest BCUT2D eigenvalue weighted by atomic mass is 16.5. The Balaban J connectivity index is 2.57. The second-order valence-corrected chi connectivity index (χ2v) is 6.41. The predicted molar refractivity (Wildman–Crippen MR) is 62.0 cm³/mol. The van der Waals surface area contributed by atoms with Crippen molar-refractivity contribution in [3.8, 4) is 0 Å². The fourth-order valence-electron chi connectivity index (χ4n) is 1.87. The molecule has 15 heavy (non-hydrogen) atoms. The standard InChI is InChI=1S/C12H25NO2/c1-11(2,3)13-7-9(14)10(8-13)15-12(4,5)6/h9-10,14H,7-8H2,1-6H3/t9-,10+/m1/s1. The Labute approximate surface area is 93.4 Å². The first-order chi connectivity index (χ1) is 6.59. The molecule has 0 aliphatic carbocycles. The zero-order valence-electron chi connectivity index (χ0n) is 10.9. The number of rotatable bonds is 1. The maximum atomic E-state index is 9.92. The van der Waals surface area contributed by atoms with Gasteiger partial charge in [0.05, 0.1) is 17.8 Å². The van der Waals surface area contributed by atoms with Crippen molar-refractivity contribution in [1.29, 1.82) is 0 Å². The topological polar surface area (TPSA) is 32.7 Å². The Bertz CT molecular complexity index is 215. The van der Waals surface area contributed by atoms with Gasteiger partial charge in [-0.15, -0.1) is 0 Å². The lowest BCUT2D eigenvalue weighted by atomic mass is 10.1. The monoisotopic (exact) mass is 215 g/mol. The fraction of sp³-hybridized carbons (Fsp3) is 1.00. The second-order valence-electron chi connectivity index (χ2n) is 6.41. The van der Waals surface area contributed by atoms with E-state index in [1.165, 1.54) is 0 Å². The number of aliphatic hydroxyl groups is 1. The van der Waals surface area contributed by atoms with Gasteiger partial charge in [-0.1, -0.05) is 0 Å². The van der Waals surface area contributed by atoms with E-state index in [2.05, 4.69) is 25.7 Å². The molecule has 0 aromatic heterocycles. The minimum atomic E-state index is -0.358. The lowest BCUT2D eigenvalue weighted by Gasteiger charge is -2.32. The van der Waals surface area contributed by atoms with Gasteiger partial charge in [-0.2, -0.15) is 0 Å². The zero-order valence-corrected chi connectivity index (χ0v) is 10.9. The molecule has 1 aliphatic heterocycles. The molecule has 0 aromatic carbocycles. The molecule has 1 aliphatic rings. The van der Waals surface area contributed by atoms with Gasteiger partial charge in [-0.05, 0) is 41.5 Å². The number of hydrogen-bond donors (Lipinski definition) is 1. The molecule has 2 atom stereocenters. The van der Waals surface area contributed by atoms with Crippen LogP contribution in [0.25, 0.3) is 0 Å². The van der Waals surface area contributed by atoms with Gasteiger partial charge in [-0.25, -0.2) is 0 Å². The third-order valence-electron chi connectivity index (χ3n) is 2.69. The Morgan fingerprint density at radius 3 is 1.93 bits per heavy atom. The van der Waals surface area contributed by atoms with Crippen LogP contribution >= 0.6 is 0 Å². The highest BCUT2D eigenvalue weighted by molar-refractivity contribution is 4.91. The largest absolute Gasteiger partial charge is 0.389 e. The minimum absolute atomic E-state index is 0.0516. The van der Waals surface area contributed by atoms with Gasteiger partial charge in [-0.3, -0.25) is 4.90 Å². The van der Waals surface area contributed by atoms with Gasteiger partial charge >= 0.3 is 0 Å². The van der Waals surface area contributed by atoms with E-state index in [4.69, 9.17) is 4.74 Å². The summed E-state index contributed by atoms with van der Waals surface area (Å²) in [7, 11) is 0. The van der Waals surface area contributed by atoms with Crippen molar-refractivity contribution in [2.45, 2.75) is 64.9 Å². The van der Waals surface area contributed by atoms with Crippen molar-refractivity contribution in [2.24, 2.45) is 0 Å². The first-order valence-corrected chi connectivity index (χ1v) is 5.70. The Morgan fingerprint density at radius 2 is 1.60 bits per heavy atom. The van der Waals surface area contributed by atoms with Crippen LogP contribution in [0.5, 0.6) is 0 Å². The number of β-amino-alcohol motifs (C(OH)–C–C–N with tert-alkyl or cyclic N) is 1. The van der Waals surface area contributed by atoms with Crippen LogP contribution in [-0.2, 0) is 4.74 Å². The van der Waals surface area contributed by atoms with Crippen molar-refractivity contribution >= 4 is 0 Å². The molecule has 1 fully saturated rings. The molecule has 0 spiro atoms. The van der Waals surface area contributed by atoms with Crippen molar-refractivity contribution < 1.29 is 9.84 Å². The smallest absolute Gasteiger partial charge is 0.0980 e. The Kier molecular flexibility index (Phi) is 3.49. The van der Waals surface area contributed by atoms with Crippen LogP contribution in [0.2, 0.25) is 0 Å². The molecule has 1 rings (SSSR count). The summed E-state index contributed by atoms with van der Waals surface area (Å²) in [4.78, 5) is 2.27. The van der Waals surface area contributed by atoms with Crippen molar-refractivity contribution in [2.75, 3.05) is 13.1 Å². The lowest BCUT2D eigenvalue weighted by Crippen LogP contribution is -2.40. The Morgan fingerprint density at radius 1 is 1.07 bits per heavy atom. The highest BCUT2D eigenvalue weighted by Gasteiger charge is 2.38. The van der Waals surface area contributed by atoms with E-state index in [1.54, 1.807) is 0 Å². The lowest BCUT2D eigenvalue weighted by molar-refractivity contribution is -0.0915. The summed E-state index contributed by atoms with van der Waals surface area (Å²) in [5.41, 5.74) is -0.0729. The van der Waals surface area contributed by atoms with Crippen LogP contribution in [0.3, 0.4) is 0 Å². The molecule has 3 nitrogen and oxygen atoms in total. The maximum Gasteiger partial charge on any atom is 0.0980 e. The molecule has 0 aromatic rings. The summed E-state index contributed by atoms with van der Waals surface area (Å²) >= 11 is 0. The molecule has 0 amide bonds. The van der Waals surface area contributed by atoms with Crippen LogP contribution in [-0.4, -0.2) is 46.4 Å². The van der Waals surface area contributed by atoms with E-state index in [9.17, 15) is 5.11 Å². The molecule has 90 valence electrons. The number of hydrogen-bond acceptors (Lipinski definition) is 3. The molecule has 0 unspecified atom stereocenters. The van der Waals surface area contributed by atoms with E-state index in [1.807, 2.05) is 20.8 Å². The summed E-state index contributed by atoms with van der Waals surface area (Å²) in [5, 5.41) is 9.92. The molecule has 1 saturated heterocycles. The van der Waals surface area contributed by atoms with Gasteiger partial charge in [0, 0.05) is 18.6 Å². The third kappa shape index (κ3) is 3.74. The minimum Gasteiger partial charge on any atom is -0.389 e. The average Bonchev–Trinajstić information content (AvgIpc) is 2.27. The number of ether oxygens (including phenoxy) is 1. The summed E-state index contributed by atoms with van der Waals surface area (Å²) in [6.45, 7) is 14.1. The molecule has 3 heteroatoms. The SMILES string of the molecule is CC(C)(C)O[C@H]1CN(C(C)(C)C)C[C@H]1O. The average molecular weight is 215 g/mol. The number of likely N-dealkylation sites (tertiary alicyclic amines) is 1. The zero-order chi connectivity index (χ0) is 11.9. The summed E-state index contributed by atoms with van der Waals surface area (Å²) < 4.78 is 5.84. The van der Waals surface area contributed by atoms with Gasteiger partial charge in [0.25, 0.3) is 0 Å². The van der Waals surface area contributed by atoms with Crippen LogP contribution in [0, 0.1) is 0 Å². The Hall–Kier alpha value is -0.120. The van der Waals surface area contributed by atoms with E-state index in [-0.39, 0.29) is 23.3 Å². The van der Waals surface area contributed by atoms with E-state index in [0.717, 1.165) is 6.54 Å². The van der Waals surface area contributed by atoms with Crippen molar-refractivity contribution in [3.05, 3.63) is 0 Å². The van der Waals surface area contributed by atoms with Gasteiger partial charge in [0.15, 0.2) is 0 Å². The van der Waals surface area contributed by atoms with Gasteiger partial charge in [0.1, 0.15) is 0 Å². The fourth-order valence-corrected chi connectivity index (χ4v) is 1.87. The second kappa shape index (κ2) is 4.04. The van der Waals surface area contributed by atoms with Crippen LogP contribution < -0.4 is 0 Å². The summed E-state index contributed by atoms with van der Waals surface area (Å²) in [5.74, 6) is 0. The molecular formula is C12H25NO2. The maximum absolute atomic E-state index is 9.92. The first kappa shape index (κ1) is 12.9. The predicted octanol–water partition coefficient (Wildman–Crippen LogP) is 1.65.